The van der Waals surface area contributed by atoms with Gasteiger partial charge in [-0.05, 0) is 19.1 Å². The standard InChI is InChI=1S/C12H10N4O3/c1-8-4-2-5-9(10(8)16(18)19)11(17)15-12-13-6-3-7-14-12/h2-7H,1H3,(H,13,14,15,17). The van der Waals surface area contributed by atoms with Crippen molar-refractivity contribution in [2.45, 2.75) is 6.92 Å². The topological polar surface area (TPSA) is 98.0 Å². The molecule has 0 aliphatic rings. The molecule has 0 aliphatic heterocycles. The number of aryl methyl sites for hydroxylation is 1. The molecule has 0 saturated carbocycles. The molecule has 7 nitrogen and oxygen atoms in total. The lowest BCUT2D eigenvalue weighted by atomic mass is 10.1. The van der Waals surface area contributed by atoms with Crippen molar-refractivity contribution < 1.29 is 9.72 Å². The van der Waals surface area contributed by atoms with Crippen LogP contribution in [-0.4, -0.2) is 20.8 Å². The van der Waals surface area contributed by atoms with Crippen molar-refractivity contribution >= 4 is 17.5 Å². The predicted molar refractivity (Wildman–Crippen MR) is 67.8 cm³/mol. The van der Waals surface area contributed by atoms with Crippen LogP contribution in [-0.2, 0) is 0 Å². The average molecular weight is 258 g/mol. The fraction of sp³-hybridized carbons (Fsp3) is 0.0833. The molecule has 7 heteroatoms. The van der Waals surface area contributed by atoms with Gasteiger partial charge in [0.05, 0.1) is 4.92 Å². The van der Waals surface area contributed by atoms with E-state index in [4.69, 9.17) is 0 Å². The molecule has 0 fully saturated rings. The van der Waals surface area contributed by atoms with Gasteiger partial charge in [0, 0.05) is 18.0 Å². The number of nitro groups is 1. The number of rotatable bonds is 3. The Labute approximate surface area is 108 Å². The summed E-state index contributed by atoms with van der Waals surface area (Å²) in [7, 11) is 0. The van der Waals surface area contributed by atoms with Crippen LogP contribution in [0.2, 0.25) is 0 Å². The van der Waals surface area contributed by atoms with Gasteiger partial charge in [0.15, 0.2) is 0 Å². The van der Waals surface area contributed by atoms with Crippen molar-refractivity contribution in [3.63, 3.8) is 0 Å². The second kappa shape index (κ2) is 5.21. The monoisotopic (exact) mass is 258 g/mol. The number of nitro benzene ring substituents is 1. The molecule has 0 spiro atoms. The van der Waals surface area contributed by atoms with E-state index in [1.54, 1.807) is 25.1 Å². The van der Waals surface area contributed by atoms with E-state index in [9.17, 15) is 14.9 Å². The maximum atomic E-state index is 12.0. The molecule has 19 heavy (non-hydrogen) atoms. The minimum absolute atomic E-state index is 0.0162. The van der Waals surface area contributed by atoms with E-state index in [0.29, 0.717) is 5.56 Å². The van der Waals surface area contributed by atoms with E-state index in [2.05, 4.69) is 15.3 Å². The van der Waals surface area contributed by atoms with Gasteiger partial charge in [-0.3, -0.25) is 20.2 Å². The van der Waals surface area contributed by atoms with Gasteiger partial charge in [-0.15, -0.1) is 0 Å². The van der Waals surface area contributed by atoms with Crippen LogP contribution in [0.25, 0.3) is 0 Å². The van der Waals surface area contributed by atoms with Crippen LogP contribution in [0, 0.1) is 17.0 Å². The summed E-state index contributed by atoms with van der Waals surface area (Å²) in [4.78, 5) is 30.1. The summed E-state index contributed by atoms with van der Waals surface area (Å²) in [5, 5.41) is 13.4. The van der Waals surface area contributed by atoms with E-state index in [1.165, 1.54) is 18.5 Å². The number of hydrogen-bond donors (Lipinski definition) is 1. The lowest BCUT2D eigenvalue weighted by Gasteiger charge is -2.05. The minimum atomic E-state index is -0.610. The Bertz CT molecular complexity index is 628. The van der Waals surface area contributed by atoms with Crippen LogP contribution < -0.4 is 5.32 Å². The Morgan fingerprint density at radius 3 is 2.58 bits per heavy atom. The van der Waals surface area contributed by atoms with Gasteiger partial charge in [0.1, 0.15) is 5.56 Å². The second-order valence-corrected chi connectivity index (χ2v) is 3.75. The molecule has 0 saturated heterocycles. The largest absolute Gasteiger partial charge is 0.290 e. The highest BCUT2D eigenvalue weighted by atomic mass is 16.6. The number of nitrogens with one attached hydrogen (secondary N) is 1. The first-order valence-electron chi connectivity index (χ1n) is 5.42. The Morgan fingerprint density at radius 1 is 1.26 bits per heavy atom. The molecular formula is C12H10N4O3. The van der Waals surface area contributed by atoms with Crippen molar-refractivity contribution in [2.75, 3.05) is 5.32 Å². The Kier molecular flexibility index (Phi) is 3.46. The number of nitrogens with zero attached hydrogens (tertiary/aromatic N) is 3. The quantitative estimate of drug-likeness (QED) is 0.670. The van der Waals surface area contributed by atoms with Crippen molar-refractivity contribution in [2.24, 2.45) is 0 Å². The third-order valence-corrected chi connectivity index (χ3v) is 2.46. The Hall–Kier alpha value is -2.83. The molecule has 2 aromatic rings. The van der Waals surface area contributed by atoms with Crippen LogP contribution >= 0.6 is 0 Å². The molecule has 1 N–H and O–H groups in total. The van der Waals surface area contributed by atoms with Crippen LogP contribution in [0.3, 0.4) is 0 Å². The second-order valence-electron chi connectivity index (χ2n) is 3.75. The first-order chi connectivity index (χ1) is 9.09. The van der Waals surface area contributed by atoms with Gasteiger partial charge >= 0.3 is 0 Å². The van der Waals surface area contributed by atoms with Gasteiger partial charge in [0.25, 0.3) is 11.6 Å². The minimum Gasteiger partial charge on any atom is -0.290 e. The fourth-order valence-electron chi connectivity index (χ4n) is 1.62. The van der Waals surface area contributed by atoms with E-state index >= 15 is 0 Å². The summed E-state index contributed by atoms with van der Waals surface area (Å²) in [5.41, 5.74) is 0.194. The lowest BCUT2D eigenvalue weighted by molar-refractivity contribution is -0.385. The molecule has 1 heterocycles. The van der Waals surface area contributed by atoms with E-state index in [1.807, 2.05) is 0 Å². The highest BCUT2D eigenvalue weighted by Gasteiger charge is 2.22. The van der Waals surface area contributed by atoms with E-state index in [-0.39, 0.29) is 17.2 Å². The molecule has 1 aromatic heterocycles. The van der Waals surface area contributed by atoms with E-state index < -0.39 is 10.8 Å². The smallest absolute Gasteiger partial charge is 0.285 e. The number of hydrogen-bond acceptors (Lipinski definition) is 5. The molecule has 1 amide bonds. The molecule has 0 unspecified atom stereocenters. The molecule has 2 rings (SSSR count). The summed E-state index contributed by atoms with van der Waals surface area (Å²) in [5.74, 6) is -0.509. The molecular weight excluding hydrogens is 248 g/mol. The SMILES string of the molecule is Cc1cccc(C(=O)Nc2ncccn2)c1[N+](=O)[O-]. The number of carbonyl (C=O) groups is 1. The van der Waals surface area contributed by atoms with Gasteiger partial charge in [-0.2, -0.15) is 0 Å². The Balaban J connectivity index is 2.35. The third-order valence-electron chi connectivity index (χ3n) is 2.46. The first-order valence-corrected chi connectivity index (χ1v) is 5.42. The summed E-state index contributed by atoms with van der Waals surface area (Å²) in [6.45, 7) is 1.58. The number of anilines is 1. The molecule has 0 aliphatic carbocycles. The molecule has 0 bridgehead atoms. The number of amides is 1. The maximum absolute atomic E-state index is 12.0. The number of aromatic nitrogens is 2. The highest BCUT2D eigenvalue weighted by molar-refractivity contribution is 6.06. The molecule has 0 radical (unpaired) electrons. The van der Waals surface area contributed by atoms with Crippen molar-refractivity contribution in [3.8, 4) is 0 Å². The van der Waals surface area contributed by atoms with Crippen molar-refractivity contribution in [3.05, 3.63) is 57.9 Å². The van der Waals surface area contributed by atoms with Gasteiger partial charge in [0.2, 0.25) is 5.95 Å². The van der Waals surface area contributed by atoms with E-state index in [0.717, 1.165) is 0 Å². The summed E-state index contributed by atoms with van der Waals surface area (Å²) in [6, 6.07) is 6.16. The summed E-state index contributed by atoms with van der Waals surface area (Å²) in [6.07, 6.45) is 2.93. The first kappa shape index (κ1) is 12.6. The number of para-hydroxylation sites is 1. The predicted octanol–water partition coefficient (Wildman–Crippen LogP) is 1.95. The van der Waals surface area contributed by atoms with Crippen LogP contribution in [0.5, 0.6) is 0 Å². The van der Waals surface area contributed by atoms with Crippen molar-refractivity contribution in [1.82, 2.24) is 9.97 Å². The Morgan fingerprint density at radius 2 is 1.95 bits per heavy atom. The molecule has 96 valence electrons. The van der Waals surface area contributed by atoms with Crippen LogP contribution in [0.1, 0.15) is 15.9 Å². The normalized spacial score (nSPS) is 9.95. The molecule has 1 aromatic carbocycles. The summed E-state index contributed by atoms with van der Waals surface area (Å²) >= 11 is 0. The van der Waals surface area contributed by atoms with Crippen LogP contribution in [0.4, 0.5) is 11.6 Å². The van der Waals surface area contributed by atoms with Gasteiger partial charge in [-0.1, -0.05) is 12.1 Å². The summed E-state index contributed by atoms with van der Waals surface area (Å²) < 4.78 is 0. The van der Waals surface area contributed by atoms with Gasteiger partial charge < -0.3 is 0 Å². The highest BCUT2D eigenvalue weighted by Crippen LogP contribution is 2.23. The van der Waals surface area contributed by atoms with Gasteiger partial charge in [-0.25, -0.2) is 9.97 Å². The number of carbonyl (C=O) groups excluding carboxylic acids is 1. The van der Waals surface area contributed by atoms with Crippen LogP contribution in [0.15, 0.2) is 36.7 Å². The lowest BCUT2D eigenvalue weighted by Crippen LogP contribution is -2.16. The fourth-order valence-corrected chi connectivity index (χ4v) is 1.62. The third kappa shape index (κ3) is 2.71. The number of benzene rings is 1. The maximum Gasteiger partial charge on any atom is 0.285 e. The van der Waals surface area contributed by atoms with Crippen molar-refractivity contribution in [1.29, 1.82) is 0 Å². The zero-order valence-electron chi connectivity index (χ0n) is 10.0. The zero-order chi connectivity index (χ0) is 13.8. The molecule has 0 atom stereocenters. The average Bonchev–Trinajstić information content (AvgIpc) is 2.39. The zero-order valence-corrected chi connectivity index (χ0v) is 10.0.